The Morgan fingerprint density at radius 3 is 1.63 bits per heavy atom. The second-order valence-electron chi connectivity index (χ2n) is 8.64. The molecule has 0 N–H and O–H groups in total. The van der Waals surface area contributed by atoms with Crippen molar-refractivity contribution in [1.29, 1.82) is 0 Å². The van der Waals surface area contributed by atoms with Crippen LogP contribution in [0.25, 0.3) is 23.3 Å². The third-order valence-electron chi connectivity index (χ3n) is 6.25. The van der Waals surface area contributed by atoms with Crippen molar-refractivity contribution in [3.05, 3.63) is 74.4 Å². The average molecular weight is 672 g/mol. The van der Waals surface area contributed by atoms with Gasteiger partial charge in [0.05, 0.1) is 35.5 Å². The van der Waals surface area contributed by atoms with Crippen molar-refractivity contribution < 1.29 is 42.7 Å². The minimum atomic E-state index is -0.453. The fourth-order valence-corrected chi connectivity index (χ4v) is 5.03. The van der Waals surface area contributed by atoms with Crippen LogP contribution in [-0.2, 0) is 9.47 Å². The first-order chi connectivity index (χ1) is 19.8. The highest BCUT2D eigenvalue weighted by molar-refractivity contribution is 14.1. The normalized spacial score (nSPS) is 12.3. The van der Waals surface area contributed by atoms with Gasteiger partial charge in [0, 0.05) is 14.7 Å². The van der Waals surface area contributed by atoms with E-state index in [1.807, 2.05) is 48.6 Å². The van der Waals surface area contributed by atoms with Crippen LogP contribution in [0.4, 0.5) is 0 Å². The van der Waals surface area contributed by atoms with Crippen LogP contribution >= 0.6 is 22.6 Å². The van der Waals surface area contributed by atoms with Gasteiger partial charge in [0.15, 0.2) is 11.5 Å². The molecule has 0 radical (unpaired) electrons. The van der Waals surface area contributed by atoms with Crippen molar-refractivity contribution in [2.45, 2.75) is 0 Å². The van der Waals surface area contributed by atoms with E-state index in [1.54, 1.807) is 33.5 Å². The van der Waals surface area contributed by atoms with Crippen LogP contribution in [0.15, 0.2) is 48.6 Å². The Balaban J connectivity index is 0.000000218. The van der Waals surface area contributed by atoms with E-state index >= 15 is 0 Å². The number of methoxy groups -OCH3 is 5. The van der Waals surface area contributed by atoms with Crippen LogP contribution in [0, 0.1) is 3.57 Å². The Morgan fingerprint density at radius 1 is 0.659 bits per heavy atom. The van der Waals surface area contributed by atoms with Gasteiger partial charge in [0.25, 0.3) is 0 Å². The fraction of sp³-hybridized carbons (Fsp3) is 0.226. The van der Waals surface area contributed by atoms with Crippen molar-refractivity contribution >= 4 is 46.7 Å². The highest BCUT2D eigenvalue weighted by Gasteiger charge is 2.22. The number of carbonyl (C=O) groups is 2. The maximum atomic E-state index is 12.2. The van der Waals surface area contributed by atoms with Crippen LogP contribution in [0.2, 0.25) is 0 Å². The third kappa shape index (κ3) is 6.43. The molecule has 0 amide bonds. The molecular weight excluding hydrogens is 643 g/mol. The van der Waals surface area contributed by atoms with Gasteiger partial charge in [-0.2, -0.15) is 0 Å². The molecular formula is C31H29IO9. The average Bonchev–Trinajstić information content (AvgIpc) is 3.02. The second-order valence-corrected chi connectivity index (χ2v) is 9.88. The summed E-state index contributed by atoms with van der Waals surface area (Å²) >= 11 is 2.16. The largest absolute Gasteiger partial charge is 0.493 e. The van der Waals surface area contributed by atoms with Gasteiger partial charge in [-0.3, -0.25) is 0 Å². The van der Waals surface area contributed by atoms with E-state index in [2.05, 4.69) is 22.6 Å². The van der Waals surface area contributed by atoms with E-state index in [4.69, 9.17) is 33.2 Å². The molecule has 0 fully saturated rings. The number of hydrogen-bond acceptors (Lipinski definition) is 9. The number of halogens is 1. The highest BCUT2D eigenvalue weighted by Crippen LogP contribution is 2.43. The lowest BCUT2D eigenvalue weighted by Gasteiger charge is -2.18. The van der Waals surface area contributed by atoms with E-state index in [0.717, 1.165) is 25.8 Å². The summed E-state index contributed by atoms with van der Waals surface area (Å²) in [6.45, 7) is 0.915. The van der Waals surface area contributed by atoms with Gasteiger partial charge in [0.2, 0.25) is 5.75 Å². The number of hydrogen-bond donors (Lipinski definition) is 0. The molecule has 0 aromatic heterocycles. The topological polar surface area (TPSA) is 98.8 Å². The minimum Gasteiger partial charge on any atom is -0.493 e. The van der Waals surface area contributed by atoms with Crippen LogP contribution in [-0.4, -0.2) is 60.7 Å². The predicted octanol–water partition coefficient (Wildman–Crippen LogP) is 6.06. The number of fused-ring (bicyclic) bond motifs is 2. The molecule has 214 valence electrons. The molecule has 0 bridgehead atoms. The lowest BCUT2D eigenvalue weighted by Crippen LogP contribution is -2.10. The molecule has 2 heterocycles. The summed E-state index contributed by atoms with van der Waals surface area (Å²) in [4.78, 5) is 23.7. The number of ether oxygens (including phenoxy) is 7. The number of rotatable bonds is 6. The molecule has 0 aliphatic carbocycles. The zero-order chi connectivity index (χ0) is 29.5. The van der Waals surface area contributed by atoms with E-state index in [1.165, 1.54) is 14.2 Å². The zero-order valence-corrected chi connectivity index (χ0v) is 25.4. The monoisotopic (exact) mass is 672 g/mol. The van der Waals surface area contributed by atoms with Crippen molar-refractivity contribution in [1.82, 2.24) is 0 Å². The smallest absolute Gasteiger partial charge is 0.341 e. The minimum absolute atomic E-state index is 0.361. The van der Waals surface area contributed by atoms with Gasteiger partial charge in [-0.1, -0.05) is 12.2 Å². The van der Waals surface area contributed by atoms with Gasteiger partial charge in [-0.05, 0) is 82.3 Å². The number of benzene rings is 3. The number of carbonyl (C=O) groups excluding carboxylic acids is 2. The standard InChI is InChI=1S/C20H20O6.C11H9IO3/c1-22-16-10-14(11-17(23-2)19(16)24-3)13-8-12-6-5-7-26-18(12)15(9-13)20(21)25-4;1-14-11(13)9-6-8(12)5-7-3-2-4-15-10(7)9/h5-6,8-11H,7H2,1-4H3;2-3,5-6H,4H2,1H3. The van der Waals surface area contributed by atoms with Crippen LogP contribution in [0.3, 0.4) is 0 Å². The fourth-order valence-electron chi connectivity index (χ4n) is 4.39. The Labute approximate surface area is 251 Å². The highest BCUT2D eigenvalue weighted by atomic mass is 127. The summed E-state index contributed by atoms with van der Waals surface area (Å²) in [5.41, 5.74) is 4.21. The molecule has 9 nitrogen and oxygen atoms in total. The summed E-state index contributed by atoms with van der Waals surface area (Å²) in [6, 6.07) is 11.1. The first-order valence-electron chi connectivity index (χ1n) is 12.4. The summed E-state index contributed by atoms with van der Waals surface area (Å²) in [5, 5.41) is 0. The second kappa shape index (κ2) is 13.4. The molecule has 2 aliphatic heterocycles. The van der Waals surface area contributed by atoms with Crippen LogP contribution in [0.1, 0.15) is 31.8 Å². The molecule has 0 spiro atoms. The van der Waals surface area contributed by atoms with Crippen molar-refractivity contribution in [3.63, 3.8) is 0 Å². The number of esters is 2. The Kier molecular flexibility index (Phi) is 9.77. The molecule has 3 aromatic carbocycles. The lowest BCUT2D eigenvalue weighted by molar-refractivity contribution is 0.0587. The van der Waals surface area contributed by atoms with Crippen molar-refractivity contribution in [2.75, 3.05) is 48.8 Å². The zero-order valence-electron chi connectivity index (χ0n) is 23.2. The molecule has 5 rings (SSSR count). The van der Waals surface area contributed by atoms with Crippen molar-refractivity contribution in [3.8, 4) is 39.9 Å². The van der Waals surface area contributed by atoms with E-state index in [9.17, 15) is 9.59 Å². The molecule has 41 heavy (non-hydrogen) atoms. The first kappa shape index (κ1) is 29.8. The maximum absolute atomic E-state index is 12.2. The summed E-state index contributed by atoms with van der Waals surface area (Å²) < 4.78 is 37.9. The molecule has 0 atom stereocenters. The Morgan fingerprint density at radius 2 is 1.15 bits per heavy atom. The first-order valence-corrected chi connectivity index (χ1v) is 13.5. The van der Waals surface area contributed by atoms with Gasteiger partial charge in [0.1, 0.15) is 35.8 Å². The molecule has 0 unspecified atom stereocenters. The van der Waals surface area contributed by atoms with Gasteiger partial charge in [-0.25, -0.2) is 9.59 Å². The maximum Gasteiger partial charge on any atom is 0.341 e. The molecule has 3 aromatic rings. The van der Waals surface area contributed by atoms with Gasteiger partial charge in [-0.15, -0.1) is 0 Å². The Bertz CT molecular complexity index is 1500. The summed E-state index contributed by atoms with van der Waals surface area (Å²) in [5.74, 6) is 1.90. The van der Waals surface area contributed by atoms with E-state index in [-0.39, 0.29) is 5.97 Å². The predicted molar refractivity (Wildman–Crippen MR) is 162 cm³/mol. The Hall–Kier alpha value is -4.19. The van der Waals surface area contributed by atoms with Crippen LogP contribution in [0.5, 0.6) is 28.7 Å². The van der Waals surface area contributed by atoms with E-state index in [0.29, 0.717) is 53.1 Å². The van der Waals surface area contributed by atoms with Gasteiger partial charge >= 0.3 is 11.9 Å². The summed E-state index contributed by atoms with van der Waals surface area (Å²) in [6.07, 6.45) is 7.68. The molecule has 10 heteroatoms. The quantitative estimate of drug-likeness (QED) is 0.229. The molecule has 2 aliphatic rings. The lowest BCUT2D eigenvalue weighted by atomic mass is 9.97. The SMILES string of the molecule is COC(=O)c1cc(-c2cc(OC)c(OC)c(OC)c2)cc2c1OCC=C2.COC(=O)c1cc(I)cc2c1OCC=C2. The van der Waals surface area contributed by atoms with E-state index < -0.39 is 5.97 Å². The molecule has 0 saturated carbocycles. The molecule has 0 saturated heterocycles. The third-order valence-corrected chi connectivity index (χ3v) is 6.87. The summed E-state index contributed by atoms with van der Waals surface area (Å²) in [7, 11) is 7.39. The van der Waals surface area contributed by atoms with Crippen molar-refractivity contribution in [2.24, 2.45) is 0 Å². The van der Waals surface area contributed by atoms with Crippen LogP contribution < -0.4 is 23.7 Å². The van der Waals surface area contributed by atoms with Gasteiger partial charge < -0.3 is 33.2 Å².